The van der Waals surface area contributed by atoms with E-state index in [1.165, 1.54) is 11.2 Å². The molecular weight excluding hydrogens is 334 g/mol. The highest BCUT2D eigenvalue weighted by molar-refractivity contribution is 7.87. The van der Waals surface area contributed by atoms with E-state index in [1.54, 1.807) is 11.8 Å². The fourth-order valence-electron chi connectivity index (χ4n) is 3.21. The minimum Gasteiger partial charge on any atom is -0.466 e. The summed E-state index contributed by atoms with van der Waals surface area (Å²) in [6, 6.07) is -0.173. The molecule has 2 aliphatic heterocycles. The highest BCUT2D eigenvalue weighted by atomic mass is 32.2. The van der Waals surface area contributed by atoms with Crippen molar-refractivity contribution in [3.63, 3.8) is 0 Å². The van der Waals surface area contributed by atoms with Crippen LogP contribution in [0.2, 0.25) is 0 Å². The van der Waals surface area contributed by atoms with E-state index in [2.05, 4.69) is 4.72 Å². The Morgan fingerprint density at radius 3 is 2.42 bits per heavy atom. The van der Waals surface area contributed by atoms with Gasteiger partial charge in [0.25, 0.3) is 10.2 Å². The van der Waals surface area contributed by atoms with Crippen LogP contribution < -0.4 is 4.72 Å². The first kappa shape index (κ1) is 19.1. The summed E-state index contributed by atoms with van der Waals surface area (Å²) in [7, 11) is -3.63. The Bertz CT molecular complexity index is 557. The molecule has 0 radical (unpaired) electrons. The van der Waals surface area contributed by atoms with Crippen LogP contribution in [0.25, 0.3) is 0 Å². The van der Waals surface area contributed by atoms with Crippen LogP contribution in [0.4, 0.5) is 0 Å². The molecule has 0 saturated carbocycles. The van der Waals surface area contributed by atoms with Crippen molar-refractivity contribution >= 4 is 22.1 Å². The number of hydrogen-bond acceptors (Lipinski definition) is 5. The zero-order chi connectivity index (χ0) is 17.7. The van der Waals surface area contributed by atoms with Gasteiger partial charge < -0.3 is 9.64 Å². The molecule has 2 fully saturated rings. The van der Waals surface area contributed by atoms with Gasteiger partial charge in [0.2, 0.25) is 5.91 Å². The van der Waals surface area contributed by atoms with Gasteiger partial charge in [-0.15, -0.1) is 0 Å². The van der Waals surface area contributed by atoms with E-state index in [-0.39, 0.29) is 24.5 Å². The number of nitrogens with zero attached hydrogens (tertiary/aromatic N) is 2. The van der Waals surface area contributed by atoms with E-state index in [0.29, 0.717) is 51.9 Å². The Morgan fingerprint density at radius 1 is 1.17 bits per heavy atom. The maximum absolute atomic E-state index is 12.6. The largest absolute Gasteiger partial charge is 0.466 e. The van der Waals surface area contributed by atoms with Crippen molar-refractivity contribution in [2.75, 3.05) is 32.8 Å². The maximum Gasteiger partial charge on any atom is 0.310 e. The normalized spacial score (nSPS) is 23.9. The third-order valence-corrected chi connectivity index (χ3v) is 6.24. The Balaban J connectivity index is 1.90. The molecule has 2 heterocycles. The molecule has 1 amide bonds. The second-order valence-corrected chi connectivity index (χ2v) is 8.05. The lowest BCUT2D eigenvalue weighted by Gasteiger charge is -2.35. The number of carbonyl (C=O) groups excluding carboxylic acids is 2. The molecule has 0 bridgehead atoms. The zero-order valence-electron chi connectivity index (χ0n) is 14.4. The average molecular weight is 361 g/mol. The highest BCUT2D eigenvalue weighted by Crippen LogP contribution is 2.21. The molecule has 0 aromatic carbocycles. The second-order valence-electron chi connectivity index (χ2n) is 6.35. The predicted molar refractivity (Wildman–Crippen MR) is 88.3 cm³/mol. The summed E-state index contributed by atoms with van der Waals surface area (Å²) < 4.78 is 34.2. The van der Waals surface area contributed by atoms with E-state index in [0.717, 1.165) is 0 Å². The zero-order valence-corrected chi connectivity index (χ0v) is 15.2. The number of esters is 1. The van der Waals surface area contributed by atoms with E-state index < -0.39 is 16.1 Å². The fraction of sp³-hybridized carbons (Fsp3) is 0.867. The van der Waals surface area contributed by atoms with Crippen LogP contribution in [0.5, 0.6) is 0 Å². The van der Waals surface area contributed by atoms with Crippen LogP contribution in [0.1, 0.15) is 39.5 Å². The summed E-state index contributed by atoms with van der Waals surface area (Å²) in [6.07, 6.45) is 2.51. The molecule has 138 valence electrons. The molecule has 2 aliphatic rings. The minimum absolute atomic E-state index is 0.0182. The predicted octanol–water partition coefficient (Wildman–Crippen LogP) is 0.107. The standard InChI is InChI=1S/C15H27N3O5S/c1-3-23-15(20)13-5-4-8-18(11-13)24(21,22)16-14-6-9-17(10-7-14)12(2)19/h13-14,16H,3-11H2,1-2H3/t13-/m0/s1. The lowest BCUT2D eigenvalue weighted by molar-refractivity contribution is -0.149. The van der Waals surface area contributed by atoms with Crippen molar-refractivity contribution in [3.05, 3.63) is 0 Å². The van der Waals surface area contributed by atoms with Crippen LogP contribution in [0, 0.1) is 5.92 Å². The fourth-order valence-corrected chi connectivity index (χ4v) is 4.76. The molecular formula is C15H27N3O5S. The molecule has 2 rings (SSSR count). The molecule has 1 atom stereocenters. The van der Waals surface area contributed by atoms with Gasteiger partial charge in [0.05, 0.1) is 12.5 Å². The summed E-state index contributed by atoms with van der Waals surface area (Å²) in [5, 5.41) is 0. The van der Waals surface area contributed by atoms with Crippen molar-refractivity contribution in [1.82, 2.24) is 13.9 Å². The Hall–Kier alpha value is -1.19. The summed E-state index contributed by atoms with van der Waals surface area (Å²) >= 11 is 0. The molecule has 1 N–H and O–H groups in total. The quantitative estimate of drug-likeness (QED) is 0.701. The number of hydrogen-bond donors (Lipinski definition) is 1. The van der Waals surface area contributed by atoms with Gasteiger partial charge in [-0.1, -0.05) is 0 Å². The van der Waals surface area contributed by atoms with Gasteiger partial charge in [0.15, 0.2) is 0 Å². The topological polar surface area (TPSA) is 96.0 Å². The Labute approximate surface area is 143 Å². The minimum atomic E-state index is -3.63. The number of carbonyl (C=O) groups is 2. The number of piperidine rings is 2. The monoisotopic (exact) mass is 361 g/mol. The van der Waals surface area contributed by atoms with Crippen molar-refractivity contribution in [1.29, 1.82) is 0 Å². The van der Waals surface area contributed by atoms with Crippen LogP contribution in [0.3, 0.4) is 0 Å². The Morgan fingerprint density at radius 2 is 1.83 bits per heavy atom. The summed E-state index contributed by atoms with van der Waals surface area (Å²) in [6.45, 7) is 5.27. The molecule has 0 unspecified atom stereocenters. The maximum atomic E-state index is 12.6. The number of nitrogens with one attached hydrogen (secondary N) is 1. The third-order valence-electron chi connectivity index (χ3n) is 4.60. The molecule has 0 aromatic rings. The SMILES string of the molecule is CCOC(=O)[C@H]1CCCN(S(=O)(=O)NC2CCN(C(C)=O)CC2)C1. The first-order valence-electron chi connectivity index (χ1n) is 8.53. The van der Waals surface area contributed by atoms with Crippen LogP contribution in [-0.4, -0.2) is 68.3 Å². The lowest BCUT2D eigenvalue weighted by Crippen LogP contribution is -2.52. The van der Waals surface area contributed by atoms with Crippen molar-refractivity contribution in [3.8, 4) is 0 Å². The number of amides is 1. The molecule has 0 aromatic heterocycles. The van der Waals surface area contributed by atoms with E-state index in [9.17, 15) is 18.0 Å². The molecule has 0 aliphatic carbocycles. The molecule has 2 saturated heterocycles. The molecule has 24 heavy (non-hydrogen) atoms. The molecule has 8 nitrogen and oxygen atoms in total. The number of rotatable bonds is 5. The van der Waals surface area contributed by atoms with Crippen LogP contribution in [-0.2, 0) is 24.5 Å². The summed E-state index contributed by atoms with van der Waals surface area (Å²) in [5.74, 6) is -0.702. The summed E-state index contributed by atoms with van der Waals surface area (Å²) in [5.41, 5.74) is 0. The van der Waals surface area contributed by atoms with Gasteiger partial charge in [-0.25, -0.2) is 0 Å². The molecule has 0 spiro atoms. The Kier molecular flexibility index (Phi) is 6.59. The van der Waals surface area contributed by atoms with Gasteiger partial charge in [0.1, 0.15) is 0 Å². The van der Waals surface area contributed by atoms with Crippen molar-refractivity contribution in [2.45, 2.75) is 45.6 Å². The second kappa shape index (κ2) is 8.26. The molecule has 9 heteroatoms. The third kappa shape index (κ3) is 4.90. The van der Waals surface area contributed by atoms with Gasteiger partial charge in [-0.3, -0.25) is 9.59 Å². The van der Waals surface area contributed by atoms with Crippen LogP contribution in [0.15, 0.2) is 0 Å². The smallest absolute Gasteiger partial charge is 0.310 e. The van der Waals surface area contributed by atoms with Crippen molar-refractivity contribution in [2.24, 2.45) is 5.92 Å². The van der Waals surface area contributed by atoms with Crippen LogP contribution >= 0.6 is 0 Å². The lowest BCUT2D eigenvalue weighted by atomic mass is 10.0. The van der Waals surface area contributed by atoms with Gasteiger partial charge in [-0.2, -0.15) is 17.4 Å². The first-order chi connectivity index (χ1) is 11.3. The number of likely N-dealkylation sites (tertiary alicyclic amines) is 1. The number of ether oxygens (including phenoxy) is 1. The van der Waals surface area contributed by atoms with Gasteiger partial charge >= 0.3 is 5.97 Å². The van der Waals surface area contributed by atoms with E-state index >= 15 is 0 Å². The van der Waals surface area contributed by atoms with Crippen molar-refractivity contribution < 1.29 is 22.7 Å². The summed E-state index contributed by atoms with van der Waals surface area (Å²) in [4.78, 5) is 24.9. The average Bonchev–Trinajstić information content (AvgIpc) is 2.55. The van der Waals surface area contributed by atoms with Gasteiger partial charge in [-0.05, 0) is 32.6 Å². The van der Waals surface area contributed by atoms with Gasteiger partial charge in [0, 0.05) is 39.1 Å². The highest BCUT2D eigenvalue weighted by Gasteiger charge is 2.34. The van der Waals surface area contributed by atoms with E-state index in [4.69, 9.17) is 4.74 Å². The first-order valence-corrected chi connectivity index (χ1v) is 9.97. The van der Waals surface area contributed by atoms with E-state index in [1.807, 2.05) is 0 Å².